The molecule has 3 aliphatic rings. The lowest BCUT2D eigenvalue weighted by molar-refractivity contribution is -0.140. The van der Waals surface area contributed by atoms with E-state index in [-0.39, 0.29) is 35.6 Å². The Balaban J connectivity index is 1.23. The number of hydrogen-bond donors (Lipinski definition) is 1. The van der Waals surface area contributed by atoms with Crippen molar-refractivity contribution in [3.05, 3.63) is 41.6 Å². The molecule has 10 heteroatoms. The predicted octanol–water partition coefficient (Wildman–Crippen LogP) is 3.63. The number of fused-ring (bicyclic) bond motifs is 2. The second-order valence-corrected chi connectivity index (χ2v) is 12.3. The third kappa shape index (κ3) is 5.25. The topological polar surface area (TPSA) is 119 Å². The summed E-state index contributed by atoms with van der Waals surface area (Å²) >= 11 is 0. The fraction of sp³-hybridized carbons (Fsp3) is 0.548. The molecule has 1 aromatic carbocycles. The highest BCUT2D eigenvalue weighted by Gasteiger charge is 2.64. The molecular weight excluding hydrogens is 520 g/mol. The van der Waals surface area contributed by atoms with Crippen LogP contribution in [0.2, 0.25) is 0 Å². The Morgan fingerprint density at radius 1 is 1.07 bits per heavy atom. The number of carbonyl (C=O) groups excluding carboxylic acids is 3. The minimum atomic E-state index is -0.482. The predicted molar refractivity (Wildman–Crippen MR) is 153 cm³/mol. The molecule has 3 fully saturated rings. The zero-order valence-corrected chi connectivity index (χ0v) is 24.3. The monoisotopic (exact) mass is 558 g/mol. The first-order valence-corrected chi connectivity index (χ1v) is 14.6. The van der Waals surface area contributed by atoms with Gasteiger partial charge in [-0.3, -0.25) is 19.1 Å². The number of amides is 2. The maximum absolute atomic E-state index is 13.9. The summed E-state index contributed by atoms with van der Waals surface area (Å²) in [6, 6.07) is 3.50. The number of Topliss-reactive ketones (excluding diaryl/α,β-unsaturated/α-hetero) is 1. The van der Waals surface area contributed by atoms with Crippen molar-refractivity contribution < 1.29 is 19.1 Å². The van der Waals surface area contributed by atoms with Crippen LogP contribution in [0, 0.1) is 25.2 Å². The quantitative estimate of drug-likeness (QED) is 0.420. The summed E-state index contributed by atoms with van der Waals surface area (Å²) in [6.45, 7) is 9.59. The third-order valence-electron chi connectivity index (χ3n) is 9.19. The number of benzene rings is 1. The number of aromatic nitrogens is 4. The summed E-state index contributed by atoms with van der Waals surface area (Å²) in [5.41, 5.74) is 3.67. The van der Waals surface area contributed by atoms with Crippen LogP contribution in [0.5, 0.6) is 0 Å². The highest BCUT2D eigenvalue weighted by atomic mass is 16.5. The van der Waals surface area contributed by atoms with Gasteiger partial charge in [0.25, 0.3) is 0 Å². The molecule has 2 aliphatic heterocycles. The number of ether oxygens (including phenoxy) is 1. The molecule has 1 saturated carbocycles. The summed E-state index contributed by atoms with van der Waals surface area (Å²) in [7, 11) is 0. The Morgan fingerprint density at radius 2 is 1.80 bits per heavy atom. The van der Waals surface area contributed by atoms with E-state index >= 15 is 0 Å². The van der Waals surface area contributed by atoms with Crippen molar-refractivity contribution in [1.82, 2.24) is 30.0 Å². The molecule has 3 aromatic rings. The molecule has 2 aromatic heterocycles. The third-order valence-corrected chi connectivity index (χ3v) is 9.19. The molecule has 2 saturated heterocycles. The summed E-state index contributed by atoms with van der Waals surface area (Å²) in [6.07, 6.45) is 8.10. The number of likely N-dealkylation sites (tertiary alicyclic amines) is 1. The molecule has 216 valence electrons. The van der Waals surface area contributed by atoms with Gasteiger partial charge in [0, 0.05) is 56.1 Å². The number of ketones is 1. The van der Waals surface area contributed by atoms with Crippen molar-refractivity contribution in [1.29, 1.82) is 0 Å². The molecular formula is C31H38N6O4. The zero-order valence-electron chi connectivity index (χ0n) is 24.3. The van der Waals surface area contributed by atoms with Crippen LogP contribution in [0.3, 0.4) is 0 Å². The van der Waals surface area contributed by atoms with Crippen molar-refractivity contribution in [2.45, 2.75) is 78.4 Å². The van der Waals surface area contributed by atoms with E-state index in [1.165, 1.54) is 6.92 Å². The Morgan fingerprint density at radius 3 is 2.51 bits per heavy atom. The smallest absolute Gasteiger partial charge is 0.245 e. The Bertz CT molecular complexity index is 1510. The molecule has 2 amide bonds. The van der Waals surface area contributed by atoms with Crippen LogP contribution >= 0.6 is 0 Å². The average Bonchev–Trinajstić information content (AvgIpc) is 3.30. The number of hydrogen-bond acceptors (Lipinski definition) is 7. The van der Waals surface area contributed by atoms with Gasteiger partial charge in [0.05, 0.1) is 5.52 Å². The maximum atomic E-state index is 13.9. The van der Waals surface area contributed by atoms with Crippen molar-refractivity contribution >= 4 is 28.5 Å². The Hall–Kier alpha value is -3.66. The minimum Gasteiger partial charge on any atom is -0.381 e. The van der Waals surface area contributed by atoms with Crippen LogP contribution in [0.4, 0.5) is 0 Å². The molecule has 6 rings (SSSR count). The van der Waals surface area contributed by atoms with Gasteiger partial charge >= 0.3 is 0 Å². The van der Waals surface area contributed by atoms with Gasteiger partial charge in [0.15, 0.2) is 5.78 Å². The standard InChI is InChI=1S/C31H38N6O4/c1-18-11-22(23-15-33-20(3)34-16-23)12-24-28(19(2)38)35-36(29(18)24)17-27(39)37-25(13-31(4)14-26(31)37)30(40)32-8-5-21-6-9-41-10-7-21/h11-12,15-16,21,25-26H,5-10,13-14,17H2,1-4H3,(H,32,40)/t25-,26+,31-/m0/s1. The fourth-order valence-corrected chi connectivity index (χ4v) is 6.73. The van der Waals surface area contributed by atoms with Crippen LogP contribution in [-0.2, 0) is 20.9 Å². The molecule has 41 heavy (non-hydrogen) atoms. The second-order valence-electron chi connectivity index (χ2n) is 12.3. The summed E-state index contributed by atoms with van der Waals surface area (Å²) < 4.78 is 7.08. The number of nitrogens with zero attached hydrogens (tertiary/aromatic N) is 5. The van der Waals surface area contributed by atoms with Gasteiger partial charge < -0.3 is 15.0 Å². The number of piperidine rings is 1. The van der Waals surface area contributed by atoms with Crippen LogP contribution in [0.15, 0.2) is 24.5 Å². The first-order chi connectivity index (χ1) is 19.6. The molecule has 1 aliphatic carbocycles. The molecule has 0 bridgehead atoms. The summed E-state index contributed by atoms with van der Waals surface area (Å²) in [5, 5.41) is 8.42. The van der Waals surface area contributed by atoms with Crippen LogP contribution in [0.25, 0.3) is 22.0 Å². The van der Waals surface area contributed by atoms with E-state index in [9.17, 15) is 14.4 Å². The average molecular weight is 559 g/mol. The van der Waals surface area contributed by atoms with Crippen molar-refractivity contribution in [2.24, 2.45) is 11.3 Å². The molecule has 10 nitrogen and oxygen atoms in total. The molecule has 0 unspecified atom stereocenters. The van der Waals surface area contributed by atoms with E-state index in [1.807, 2.05) is 26.0 Å². The van der Waals surface area contributed by atoms with E-state index in [0.717, 1.165) is 61.1 Å². The minimum absolute atomic E-state index is 0.0178. The van der Waals surface area contributed by atoms with Crippen molar-refractivity contribution in [3.8, 4) is 11.1 Å². The molecule has 4 heterocycles. The van der Waals surface area contributed by atoms with Crippen molar-refractivity contribution in [3.63, 3.8) is 0 Å². The normalized spacial score (nSPS) is 24.0. The molecule has 0 spiro atoms. The van der Waals surface area contributed by atoms with E-state index in [1.54, 1.807) is 22.0 Å². The SMILES string of the molecule is CC(=O)c1nn(CC(=O)N2[C@H](C(=O)NCCC3CCOCC3)C[C@@]3(C)C[C@@H]23)c2c(C)cc(-c3cnc(C)nc3)cc12. The second kappa shape index (κ2) is 10.6. The number of nitrogens with one attached hydrogen (secondary N) is 1. The van der Waals surface area contributed by atoms with E-state index in [4.69, 9.17) is 4.74 Å². The molecule has 0 radical (unpaired) electrons. The summed E-state index contributed by atoms with van der Waals surface area (Å²) in [4.78, 5) is 50.2. The van der Waals surface area contributed by atoms with Crippen LogP contribution < -0.4 is 5.32 Å². The van der Waals surface area contributed by atoms with Gasteiger partial charge in [-0.1, -0.05) is 6.92 Å². The first-order valence-electron chi connectivity index (χ1n) is 14.6. The van der Waals surface area contributed by atoms with Gasteiger partial charge in [0.1, 0.15) is 24.1 Å². The number of rotatable bonds is 8. The molecule has 1 N–H and O–H groups in total. The summed E-state index contributed by atoms with van der Waals surface area (Å²) in [5.74, 6) is 0.866. The van der Waals surface area contributed by atoms with E-state index in [0.29, 0.717) is 35.8 Å². The zero-order chi connectivity index (χ0) is 28.9. The largest absolute Gasteiger partial charge is 0.381 e. The Kier molecular flexibility index (Phi) is 7.13. The van der Waals surface area contributed by atoms with Crippen LogP contribution in [0.1, 0.15) is 67.8 Å². The Labute approximate surface area is 239 Å². The van der Waals surface area contributed by atoms with Gasteiger partial charge in [-0.25, -0.2) is 9.97 Å². The fourth-order valence-electron chi connectivity index (χ4n) is 6.73. The lowest BCUT2D eigenvalue weighted by Gasteiger charge is -2.27. The lowest BCUT2D eigenvalue weighted by Crippen LogP contribution is -2.49. The first kappa shape index (κ1) is 27.5. The van der Waals surface area contributed by atoms with Crippen LogP contribution in [-0.4, -0.2) is 74.1 Å². The number of aryl methyl sites for hydroxylation is 2. The highest BCUT2D eigenvalue weighted by Crippen LogP contribution is 2.59. The number of carbonyl (C=O) groups is 3. The van der Waals surface area contributed by atoms with Gasteiger partial charge in [-0.05, 0) is 80.5 Å². The van der Waals surface area contributed by atoms with Crippen molar-refractivity contribution in [2.75, 3.05) is 19.8 Å². The van der Waals surface area contributed by atoms with Gasteiger partial charge in [-0.15, -0.1) is 0 Å². The van der Waals surface area contributed by atoms with E-state index in [2.05, 4.69) is 27.3 Å². The maximum Gasteiger partial charge on any atom is 0.245 e. The lowest BCUT2D eigenvalue weighted by atomic mass is 9.96. The van der Waals surface area contributed by atoms with Gasteiger partial charge in [-0.2, -0.15) is 5.10 Å². The molecule has 3 atom stereocenters. The van der Waals surface area contributed by atoms with E-state index < -0.39 is 6.04 Å². The highest BCUT2D eigenvalue weighted by molar-refractivity contribution is 6.07. The van der Waals surface area contributed by atoms with Gasteiger partial charge in [0.2, 0.25) is 11.8 Å².